The van der Waals surface area contributed by atoms with Crippen LogP contribution in [-0.2, 0) is 0 Å². The first-order valence-electron chi connectivity index (χ1n) is 13.4. The summed E-state index contributed by atoms with van der Waals surface area (Å²) in [6.45, 7) is 0.959. The second-order valence-corrected chi connectivity index (χ2v) is 10.1. The summed E-state index contributed by atoms with van der Waals surface area (Å²) in [5.74, 6) is 7.49. The highest BCUT2D eigenvalue weighted by Crippen LogP contribution is 2.45. The van der Waals surface area contributed by atoms with Gasteiger partial charge in [-0.3, -0.25) is 0 Å². The summed E-state index contributed by atoms with van der Waals surface area (Å²) in [5.41, 5.74) is 5.49. The normalized spacial score (nSPS) is 12.5. The van der Waals surface area contributed by atoms with Gasteiger partial charge in [-0.25, -0.2) is 4.98 Å². The van der Waals surface area contributed by atoms with Gasteiger partial charge in [0.1, 0.15) is 0 Å². The van der Waals surface area contributed by atoms with Gasteiger partial charge in [0.05, 0.1) is 7.11 Å². The summed E-state index contributed by atoms with van der Waals surface area (Å²) in [4.78, 5) is 7.02. The van der Waals surface area contributed by atoms with Crippen LogP contribution in [0.3, 0.4) is 0 Å². The van der Waals surface area contributed by atoms with Crippen LogP contribution in [0.15, 0.2) is 115 Å². The molecule has 0 aliphatic rings. The van der Waals surface area contributed by atoms with Crippen molar-refractivity contribution >= 4 is 10.8 Å². The molecule has 0 radical (unpaired) electrons. The van der Waals surface area contributed by atoms with Crippen LogP contribution in [0.25, 0.3) is 10.8 Å². The predicted octanol–water partition coefficient (Wildman–Crippen LogP) is 7.51. The van der Waals surface area contributed by atoms with Crippen molar-refractivity contribution in [3.8, 4) is 17.7 Å². The lowest BCUT2D eigenvalue weighted by molar-refractivity contribution is 0.362. The van der Waals surface area contributed by atoms with Crippen LogP contribution in [0.2, 0.25) is 0 Å². The van der Waals surface area contributed by atoms with Crippen LogP contribution in [0.4, 0.5) is 0 Å². The Bertz CT molecular complexity index is 1580. The van der Waals surface area contributed by atoms with Crippen molar-refractivity contribution < 1.29 is 4.74 Å². The van der Waals surface area contributed by atoms with E-state index in [9.17, 15) is 0 Å². The third kappa shape index (κ3) is 6.20. The molecule has 5 rings (SSSR count). The molecule has 0 N–H and O–H groups in total. The largest absolute Gasteiger partial charge is 0.481 e. The molecule has 4 aromatic carbocycles. The molecule has 0 saturated carbocycles. The van der Waals surface area contributed by atoms with Gasteiger partial charge in [-0.1, -0.05) is 103 Å². The number of pyridine rings is 1. The fourth-order valence-electron chi connectivity index (χ4n) is 5.36. The van der Waals surface area contributed by atoms with E-state index in [2.05, 4.69) is 110 Å². The fraction of sp³-hybridized carbons (Fsp3) is 0.194. The average molecular weight is 511 g/mol. The maximum Gasteiger partial charge on any atom is 0.216 e. The van der Waals surface area contributed by atoms with Gasteiger partial charge in [-0.05, 0) is 73.1 Å². The van der Waals surface area contributed by atoms with E-state index < -0.39 is 0 Å². The quantitative estimate of drug-likeness (QED) is 0.202. The molecule has 2 unspecified atom stereocenters. The van der Waals surface area contributed by atoms with Gasteiger partial charge in [-0.2, -0.15) is 0 Å². The topological polar surface area (TPSA) is 25.4 Å². The summed E-state index contributed by atoms with van der Waals surface area (Å²) in [6, 6.07) is 38.3. The molecule has 0 spiro atoms. The molecule has 194 valence electrons. The Morgan fingerprint density at radius 3 is 2.15 bits per heavy atom. The molecule has 1 heterocycles. The fourth-order valence-corrected chi connectivity index (χ4v) is 5.36. The minimum atomic E-state index is 0.0258. The van der Waals surface area contributed by atoms with Crippen molar-refractivity contribution in [3.63, 3.8) is 0 Å². The van der Waals surface area contributed by atoms with Crippen molar-refractivity contribution in [3.05, 3.63) is 143 Å². The highest BCUT2D eigenvalue weighted by atomic mass is 16.5. The molecule has 3 heteroatoms. The average Bonchev–Trinajstić information content (AvgIpc) is 2.99. The summed E-state index contributed by atoms with van der Waals surface area (Å²) in [6.07, 6.45) is 2.79. The maximum absolute atomic E-state index is 5.89. The molecule has 0 fully saturated rings. The number of methoxy groups -OCH3 is 1. The molecule has 0 saturated heterocycles. The number of nitrogens with zero attached hydrogens (tertiary/aromatic N) is 2. The Balaban J connectivity index is 1.70. The Kier molecular flexibility index (Phi) is 8.36. The predicted molar refractivity (Wildman–Crippen MR) is 161 cm³/mol. The Morgan fingerprint density at radius 2 is 1.41 bits per heavy atom. The highest BCUT2D eigenvalue weighted by molar-refractivity contribution is 5.86. The molecule has 2 atom stereocenters. The van der Waals surface area contributed by atoms with Crippen molar-refractivity contribution in [1.82, 2.24) is 9.88 Å². The molecule has 1 aromatic heterocycles. The zero-order valence-electron chi connectivity index (χ0n) is 22.8. The number of hydrogen-bond acceptors (Lipinski definition) is 3. The summed E-state index contributed by atoms with van der Waals surface area (Å²) < 4.78 is 5.89. The third-order valence-corrected chi connectivity index (χ3v) is 7.20. The van der Waals surface area contributed by atoms with Crippen LogP contribution >= 0.6 is 0 Å². The molecule has 3 nitrogen and oxygen atoms in total. The van der Waals surface area contributed by atoms with Crippen molar-refractivity contribution in [2.24, 2.45) is 0 Å². The molecular weight excluding hydrogens is 476 g/mol. The smallest absolute Gasteiger partial charge is 0.216 e. The number of benzene rings is 4. The van der Waals surface area contributed by atoms with Crippen molar-refractivity contribution in [2.45, 2.75) is 18.3 Å². The van der Waals surface area contributed by atoms with Gasteiger partial charge in [0.15, 0.2) is 0 Å². The molecule has 0 aliphatic heterocycles. The van der Waals surface area contributed by atoms with E-state index >= 15 is 0 Å². The Labute approximate surface area is 232 Å². The monoisotopic (exact) mass is 510 g/mol. The third-order valence-electron chi connectivity index (χ3n) is 7.20. The standard InChI is InChI=1S/C36H34N2O/c1-38(2)24-23-33(32-20-12-18-29-15-10-11-19-31(29)32)35(30-16-8-5-9-17-30)34-25-28(26-37-36(34)39-3)22-21-27-13-6-4-7-14-27/h4-20,25-26,33,35H,23-24H2,1-3H3. The van der Waals surface area contributed by atoms with Gasteiger partial charge in [0.2, 0.25) is 5.88 Å². The second-order valence-electron chi connectivity index (χ2n) is 10.1. The number of aromatic nitrogens is 1. The van der Waals surface area contributed by atoms with Crippen LogP contribution in [0.1, 0.15) is 46.1 Å². The number of rotatable bonds is 8. The molecule has 39 heavy (non-hydrogen) atoms. The van der Waals surface area contributed by atoms with E-state index in [-0.39, 0.29) is 11.8 Å². The van der Waals surface area contributed by atoms with E-state index in [0.717, 1.165) is 29.7 Å². The van der Waals surface area contributed by atoms with Gasteiger partial charge in [-0.15, -0.1) is 0 Å². The first kappa shape index (κ1) is 26.2. The minimum absolute atomic E-state index is 0.0258. The lowest BCUT2D eigenvalue weighted by Gasteiger charge is -2.31. The first-order valence-corrected chi connectivity index (χ1v) is 13.4. The van der Waals surface area contributed by atoms with E-state index in [1.165, 1.54) is 21.9 Å². The zero-order chi connectivity index (χ0) is 27.0. The number of hydrogen-bond donors (Lipinski definition) is 0. The second kappa shape index (κ2) is 12.4. The Morgan fingerprint density at radius 1 is 0.744 bits per heavy atom. The maximum atomic E-state index is 5.89. The van der Waals surface area contributed by atoms with Gasteiger partial charge < -0.3 is 9.64 Å². The van der Waals surface area contributed by atoms with E-state index in [4.69, 9.17) is 9.72 Å². The number of ether oxygens (including phenoxy) is 1. The van der Waals surface area contributed by atoms with Gasteiger partial charge in [0.25, 0.3) is 0 Å². The van der Waals surface area contributed by atoms with Crippen LogP contribution in [-0.4, -0.2) is 37.6 Å². The van der Waals surface area contributed by atoms with Crippen LogP contribution < -0.4 is 4.74 Å². The SMILES string of the molecule is COc1ncc(C#Cc2ccccc2)cc1C(c1ccccc1)C(CCN(C)C)c1cccc2ccccc12. The Hall–Kier alpha value is -4.39. The summed E-state index contributed by atoms with van der Waals surface area (Å²) in [7, 11) is 5.98. The first-order chi connectivity index (χ1) is 19.1. The van der Waals surface area contributed by atoms with E-state index in [0.29, 0.717) is 5.88 Å². The molecular formula is C36H34N2O. The van der Waals surface area contributed by atoms with Crippen molar-refractivity contribution in [2.75, 3.05) is 27.7 Å². The lowest BCUT2D eigenvalue weighted by Crippen LogP contribution is -2.21. The molecule has 5 aromatic rings. The zero-order valence-corrected chi connectivity index (χ0v) is 22.8. The molecule has 0 aliphatic carbocycles. The summed E-state index contributed by atoms with van der Waals surface area (Å²) >= 11 is 0. The minimum Gasteiger partial charge on any atom is -0.481 e. The van der Waals surface area contributed by atoms with Crippen molar-refractivity contribution in [1.29, 1.82) is 0 Å². The van der Waals surface area contributed by atoms with Crippen LogP contribution in [0, 0.1) is 11.8 Å². The molecule has 0 bridgehead atoms. The van der Waals surface area contributed by atoms with Gasteiger partial charge >= 0.3 is 0 Å². The van der Waals surface area contributed by atoms with Crippen LogP contribution in [0.5, 0.6) is 5.88 Å². The molecule has 0 amide bonds. The lowest BCUT2D eigenvalue weighted by atomic mass is 9.74. The van der Waals surface area contributed by atoms with E-state index in [1.807, 2.05) is 36.5 Å². The van der Waals surface area contributed by atoms with E-state index in [1.54, 1.807) is 7.11 Å². The highest BCUT2D eigenvalue weighted by Gasteiger charge is 2.31. The van der Waals surface area contributed by atoms with Gasteiger partial charge in [0, 0.05) is 28.8 Å². The summed E-state index contributed by atoms with van der Waals surface area (Å²) in [5, 5.41) is 2.54. The number of fused-ring (bicyclic) bond motifs is 1.